The SMILES string of the molecule is CC1CCC(C(C)C)C(OC(=O)Cn2c(-c3cccc(C(F)(F)F)c3)[n+](C)c3ccccc32)C1.I. The molecule has 4 rings (SSSR count). The van der Waals surface area contributed by atoms with E-state index < -0.39 is 11.7 Å². The van der Waals surface area contributed by atoms with Crippen LogP contribution in [0.5, 0.6) is 0 Å². The fourth-order valence-corrected chi connectivity index (χ4v) is 5.31. The maximum atomic E-state index is 13.4. The molecule has 2 aromatic carbocycles. The average molecular weight is 601 g/mol. The molecule has 0 spiro atoms. The van der Waals surface area contributed by atoms with E-state index in [1.165, 1.54) is 6.07 Å². The Morgan fingerprint density at radius 3 is 2.54 bits per heavy atom. The number of carbonyl (C=O) groups excluding carboxylic acids is 1. The molecule has 1 aromatic heterocycles. The Labute approximate surface area is 221 Å². The Balaban J connectivity index is 0.00000342. The summed E-state index contributed by atoms with van der Waals surface area (Å²) in [5.41, 5.74) is 1.27. The van der Waals surface area contributed by atoms with Crippen molar-refractivity contribution in [1.29, 1.82) is 0 Å². The third-order valence-corrected chi connectivity index (χ3v) is 7.09. The van der Waals surface area contributed by atoms with Crippen molar-refractivity contribution < 1.29 is 27.3 Å². The zero-order valence-corrected chi connectivity index (χ0v) is 22.8. The molecule has 0 bridgehead atoms. The molecule has 0 amide bonds. The highest BCUT2D eigenvalue weighted by Crippen LogP contribution is 2.36. The van der Waals surface area contributed by atoms with Gasteiger partial charge in [-0.25, -0.2) is 13.9 Å². The molecule has 3 aromatic rings. The number of rotatable bonds is 5. The third-order valence-electron chi connectivity index (χ3n) is 7.09. The largest absolute Gasteiger partial charge is 0.459 e. The molecule has 0 aliphatic heterocycles. The van der Waals surface area contributed by atoms with Gasteiger partial charge in [0.25, 0.3) is 5.82 Å². The maximum absolute atomic E-state index is 13.4. The number of halogens is 4. The monoisotopic (exact) mass is 601 g/mol. The lowest BCUT2D eigenvalue weighted by Gasteiger charge is -2.36. The van der Waals surface area contributed by atoms with Gasteiger partial charge in [-0.3, -0.25) is 0 Å². The number of nitrogens with zero attached hydrogens (tertiary/aromatic N) is 2. The molecular weight excluding hydrogens is 568 g/mol. The highest BCUT2D eigenvalue weighted by Gasteiger charge is 2.35. The third kappa shape index (κ3) is 5.84. The molecule has 190 valence electrons. The van der Waals surface area contributed by atoms with Crippen molar-refractivity contribution in [3.8, 4) is 11.4 Å². The summed E-state index contributed by atoms with van der Waals surface area (Å²) < 4.78 is 49.8. The molecule has 3 unspecified atom stereocenters. The van der Waals surface area contributed by atoms with E-state index in [1.807, 2.05) is 28.8 Å². The van der Waals surface area contributed by atoms with Crippen LogP contribution < -0.4 is 4.57 Å². The van der Waals surface area contributed by atoms with Crippen molar-refractivity contribution in [3.63, 3.8) is 0 Å². The van der Waals surface area contributed by atoms with Gasteiger partial charge >= 0.3 is 12.1 Å². The molecule has 1 aliphatic carbocycles. The predicted molar refractivity (Wildman–Crippen MR) is 140 cm³/mol. The standard InChI is InChI=1S/C27H32F3N2O2.HI/c1-17(2)21-13-12-18(3)14-24(21)34-25(33)16-32-23-11-6-5-10-22(23)31(4)26(32)19-8-7-9-20(15-19)27(28,29)30;/h5-11,15,17-18,21,24H,12-14,16H2,1-4H3;1H/q+1;. The molecule has 1 aliphatic rings. The molecule has 4 nitrogen and oxygen atoms in total. The van der Waals surface area contributed by atoms with E-state index in [0.29, 0.717) is 29.1 Å². The summed E-state index contributed by atoms with van der Waals surface area (Å²) in [4.78, 5) is 13.2. The summed E-state index contributed by atoms with van der Waals surface area (Å²) in [6, 6.07) is 12.7. The molecule has 0 N–H and O–H groups in total. The molecule has 1 fully saturated rings. The Morgan fingerprint density at radius 1 is 1.14 bits per heavy atom. The normalized spacial score (nSPS) is 20.6. The highest BCUT2D eigenvalue weighted by atomic mass is 127. The second kappa shape index (κ2) is 10.9. The Bertz CT molecular complexity index is 1190. The van der Waals surface area contributed by atoms with E-state index in [1.54, 1.807) is 17.7 Å². The van der Waals surface area contributed by atoms with Gasteiger partial charge in [0.15, 0.2) is 17.6 Å². The van der Waals surface area contributed by atoms with E-state index in [-0.39, 0.29) is 42.6 Å². The molecule has 35 heavy (non-hydrogen) atoms. The smallest absolute Gasteiger partial charge is 0.416 e. The molecular formula is C27H33F3IN2O2+. The van der Waals surface area contributed by atoms with Crippen molar-refractivity contribution >= 4 is 41.0 Å². The van der Waals surface area contributed by atoms with Crippen LogP contribution in [0.15, 0.2) is 48.5 Å². The quantitative estimate of drug-likeness (QED) is 0.184. The van der Waals surface area contributed by atoms with Crippen LogP contribution in [0.4, 0.5) is 13.2 Å². The fraction of sp³-hybridized carbons (Fsp3) is 0.481. The zero-order valence-electron chi connectivity index (χ0n) is 20.5. The molecule has 1 heterocycles. The van der Waals surface area contributed by atoms with E-state index in [0.717, 1.165) is 42.4 Å². The molecule has 1 saturated carbocycles. The van der Waals surface area contributed by atoms with Gasteiger partial charge in [0, 0.05) is 0 Å². The van der Waals surface area contributed by atoms with Crippen LogP contribution in [0.3, 0.4) is 0 Å². The van der Waals surface area contributed by atoms with Crippen LogP contribution in [0, 0.1) is 17.8 Å². The van der Waals surface area contributed by atoms with E-state index >= 15 is 0 Å². The van der Waals surface area contributed by atoms with Crippen molar-refractivity contribution in [1.82, 2.24) is 4.57 Å². The Kier molecular flexibility index (Phi) is 8.55. The summed E-state index contributed by atoms with van der Waals surface area (Å²) >= 11 is 0. The van der Waals surface area contributed by atoms with Gasteiger partial charge < -0.3 is 4.74 Å². The Hall–Kier alpha value is -2.10. The molecule has 0 radical (unpaired) electrons. The van der Waals surface area contributed by atoms with E-state index in [9.17, 15) is 18.0 Å². The number of aryl methyl sites for hydroxylation is 1. The van der Waals surface area contributed by atoms with Crippen molar-refractivity contribution in [2.75, 3.05) is 0 Å². The average Bonchev–Trinajstić information content (AvgIpc) is 3.04. The van der Waals surface area contributed by atoms with Crippen molar-refractivity contribution in [2.24, 2.45) is 24.8 Å². The minimum absolute atomic E-state index is 0. The van der Waals surface area contributed by atoms with Crippen LogP contribution in [0.1, 0.15) is 45.6 Å². The first kappa shape index (κ1) is 27.5. The zero-order chi connectivity index (χ0) is 24.6. The predicted octanol–water partition coefficient (Wildman–Crippen LogP) is 6.77. The summed E-state index contributed by atoms with van der Waals surface area (Å²) in [6.45, 7) is 6.44. The van der Waals surface area contributed by atoms with Gasteiger partial charge in [0.2, 0.25) is 0 Å². The van der Waals surface area contributed by atoms with Gasteiger partial charge in [0.1, 0.15) is 6.10 Å². The number of alkyl halides is 3. The summed E-state index contributed by atoms with van der Waals surface area (Å²) in [5.74, 6) is 1.40. The number of imidazole rings is 1. The number of benzene rings is 2. The van der Waals surface area contributed by atoms with Gasteiger partial charge in [-0.15, -0.1) is 24.0 Å². The summed E-state index contributed by atoms with van der Waals surface area (Å²) in [7, 11) is 1.80. The van der Waals surface area contributed by atoms with E-state index in [2.05, 4.69) is 20.8 Å². The van der Waals surface area contributed by atoms with Gasteiger partial charge in [0.05, 0.1) is 18.2 Å². The van der Waals surface area contributed by atoms with Gasteiger partial charge in [-0.2, -0.15) is 13.2 Å². The first-order chi connectivity index (χ1) is 16.1. The minimum atomic E-state index is -4.45. The van der Waals surface area contributed by atoms with Gasteiger partial charge in [-0.1, -0.05) is 45.4 Å². The van der Waals surface area contributed by atoms with Crippen LogP contribution >= 0.6 is 24.0 Å². The molecule has 3 atom stereocenters. The van der Waals surface area contributed by atoms with Gasteiger partial charge in [-0.05, 0) is 60.9 Å². The number of ether oxygens (including phenoxy) is 1. The molecule has 8 heteroatoms. The lowest BCUT2D eigenvalue weighted by atomic mass is 9.75. The van der Waals surface area contributed by atoms with Crippen molar-refractivity contribution in [2.45, 2.75) is 58.9 Å². The minimum Gasteiger partial charge on any atom is -0.459 e. The Morgan fingerprint density at radius 2 is 1.86 bits per heavy atom. The second-order valence-corrected chi connectivity index (χ2v) is 9.89. The number of hydrogen-bond donors (Lipinski definition) is 0. The number of para-hydroxylation sites is 2. The first-order valence-electron chi connectivity index (χ1n) is 11.9. The number of aromatic nitrogens is 2. The maximum Gasteiger partial charge on any atom is 0.416 e. The van der Waals surface area contributed by atoms with Crippen LogP contribution in [0.25, 0.3) is 22.4 Å². The fourth-order valence-electron chi connectivity index (χ4n) is 5.31. The lowest BCUT2D eigenvalue weighted by Crippen LogP contribution is -2.37. The van der Waals surface area contributed by atoms with E-state index in [4.69, 9.17) is 4.74 Å². The number of esters is 1. The number of fused-ring (bicyclic) bond motifs is 1. The van der Waals surface area contributed by atoms with Crippen LogP contribution in [-0.2, 0) is 29.3 Å². The first-order valence-corrected chi connectivity index (χ1v) is 11.9. The summed E-state index contributed by atoms with van der Waals surface area (Å²) in [6.07, 6.45) is -1.57. The van der Waals surface area contributed by atoms with Crippen LogP contribution in [-0.4, -0.2) is 16.6 Å². The number of hydrogen-bond acceptors (Lipinski definition) is 2. The lowest BCUT2D eigenvalue weighted by molar-refractivity contribution is -0.634. The second-order valence-electron chi connectivity index (χ2n) is 9.89. The summed E-state index contributed by atoms with van der Waals surface area (Å²) in [5, 5.41) is 0. The highest BCUT2D eigenvalue weighted by molar-refractivity contribution is 14.0. The topological polar surface area (TPSA) is 35.1 Å². The van der Waals surface area contributed by atoms with Crippen LogP contribution in [0.2, 0.25) is 0 Å². The molecule has 0 saturated heterocycles. The van der Waals surface area contributed by atoms with Crippen molar-refractivity contribution in [3.05, 3.63) is 54.1 Å². The number of carbonyl (C=O) groups is 1.